The number of hydrogen-bond acceptors (Lipinski definition) is 3. The topological polar surface area (TPSA) is 41.6 Å². The van der Waals surface area contributed by atoms with Crippen molar-refractivity contribution in [2.75, 3.05) is 39.9 Å². The normalized spacial score (nSPS) is 24.6. The zero-order valence-corrected chi connectivity index (χ0v) is 12.7. The highest BCUT2D eigenvalue weighted by Crippen LogP contribution is 2.19. The Kier molecular flexibility index (Phi) is 7.73. The maximum absolute atomic E-state index is 12.1. The maximum Gasteiger partial charge on any atom is 0.222 e. The monoisotopic (exact) mass is 290 g/mol. The summed E-state index contributed by atoms with van der Waals surface area (Å²) in [5, 5.41) is 3.34. The van der Waals surface area contributed by atoms with E-state index in [9.17, 15) is 4.79 Å². The van der Waals surface area contributed by atoms with Gasteiger partial charge in [-0.05, 0) is 50.6 Å². The van der Waals surface area contributed by atoms with Crippen molar-refractivity contribution in [1.82, 2.24) is 10.2 Å². The minimum atomic E-state index is 0. The van der Waals surface area contributed by atoms with Crippen molar-refractivity contribution < 1.29 is 9.53 Å². The predicted molar refractivity (Wildman–Crippen MR) is 78.6 cm³/mol. The molecule has 2 fully saturated rings. The molecule has 0 aliphatic carbocycles. The largest absolute Gasteiger partial charge is 0.381 e. The molecule has 1 N–H and O–H groups in total. The third-order valence-corrected chi connectivity index (χ3v) is 4.13. The van der Waals surface area contributed by atoms with Crippen LogP contribution in [0.4, 0.5) is 0 Å². The average Bonchev–Trinajstić information content (AvgIpc) is 2.41. The van der Waals surface area contributed by atoms with Crippen LogP contribution in [0.5, 0.6) is 0 Å². The number of nitrogens with one attached hydrogen (secondary N) is 1. The first-order valence-corrected chi connectivity index (χ1v) is 7.28. The fraction of sp³-hybridized carbons (Fsp3) is 0.929. The second kappa shape index (κ2) is 8.77. The first-order chi connectivity index (χ1) is 8.75. The lowest BCUT2D eigenvalue weighted by Crippen LogP contribution is -2.37. The van der Waals surface area contributed by atoms with E-state index >= 15 is 0 Å². The van der Waals surface area contributed by atoms with Gasteiger partial charge in [0, 0.05) is 26.6 Å². The van der Waals surface area contributed by atoms with E-state index in [0.29, 0.717) is 17.7 Å². The van der Waals surface area contributed by atoms with Crippen LogP contribution >= 0.6 is 12.4 Å². The molecule has 112 valence electrons. The van der Waals surface area contributed by atoms with Gasteiger partial charge in [-0.15, -0.1) is 12.4 Å². The lowest BCUT2D eigenvalue weighted by atomic mass is 9.94. The maximum atomic E-state index is 12.1. The smallest absolute Gasteiger partial charge is 0.222 e. The van der Waals surface area contributed by atoms with Gasteiger partial charge in [0.25, 0.3) is 0 Å². The Morgan fingerprint density at radius 3 is 2.63 bits per heavy atom. The van der Waals surface area contributed by atoms with Gasteiger partial charge in [-0.1, -0.05) is 0 Å². The van der Waals surface area contributed by atoms with Crippen molar-refractivity contribution in [1.29, 1.82) is 0 Å². The Bertz CT molecular complexity index is 264. The minimum Gasteiger partial charge on any atom is -0.381 e. The van der Waals surface area contributed by atoms with E-state index in [-0.39, 0.29) is 12.4 Å². The fourth-order valence-corrected chi connectivity index (χ4v) is 2.93. The van der Waals surface area contributed by atoms with Gasteiger partial charge < -0.3 is 15.0 Å². The number of rotatable bonds is 4. The zero-order chi connectivity index (χ0) is 12.8. The second-order valence-electron chi connectivity index (χ2n) is 5.75. The van der Waals surface area contributed by atoms with Gasteiger partial charge >= 0.3 is 0 Å². The van der Waals surface area contributed by atoms with Crippen LogP contribution in [0.3, 0.4) is 0 Å². The molecule has 2 heterocycles. The molecule has 0 aromatic rings. The molecule has 0 radical (unpaired) electrons. The molecule has 2 aliphatic rings. The van der Waals surface area contributed by atoms with Crippen LogP contribution in [0.2, 0.25) is 0 Å². The molecule has 0 aromatic carbocycles. The van der Waals surface area contributed by atoms with Crippen molar-refractivity contribution in [3.63, 3.8) is 0 Å². The number of ether oxygens (including phenoxy) is 1. The first kappa shape index (κ1) is 16.7. The predicted octanol–water partition coefficient (Wildman–Crippen LogP) is 1.68. The van der Waals surface area contributed by atoms with Crippen LogP contribution in [0.15, 0.2) is 0 Å². The number of nitrogens with zero attached hydrogens (tertiary/aromatic N) is 1. The Labute approximate surface area is 122 Å². The Hall–Kier alpha value is -0.320. The van der Waals surface area contributed by atoms with Crippen LogP contribution < -0.4 is 5.32 Å². The zero-order valence-electron chi connectivity index (χ0n) is 11.9. The quantitative estimate of drug-likeness (QED) is 0.857. The van der Waals surface area contributed by atoms with Crippen molar-refractivity contribution in [2.45, 2.75) is 32.1 Å². The highest BCUT2D eigenvalue weighted by atomic mass is 35.5. The van der Waals surface area contributed by atoms with Crippen LogP contribution in [0.1, 0.15) is 32.1 Å². The molecular formula is C14H27ClN2O2. The van der Waals surface area contributed by atoms with Gasteiger partial charge in [0.05, 0.1) is 6.61 Å². The Balaban J connectivity index is 0.00000180. The van der Waals surface area contributed by atoms with Crippen molar-refractivity contribution in [3.8, 4) is 0 Å². The summed E-state index contributed by atoms with van der Waals surface area (Å²) in [4.78, 5) is 14.1. The highest BCUT2D eigenvalue weighted by molar-refractivity contribution is 5.85. The second-order valence-corrected chi connectivity index (χ2v) is 5.75. The summed E-state index contributed by atoms with van der Waals surface area (Å²) in [6.45, 7) is 4.72. The van der Waals surface area contributed by atoms with E-state index in [4.69, 9.17) is 4.74 Å². The van der Waals surface area contributed by atoms with E-state index in [1.807, 2.05) is 11.9 Å². The molecule has 0 saturated carbocycles. The van der Waals surface area contributed by atoms with E-state index in [1.54, 1.807) is 0 Å². The van der Waals surface area contributed by atoms with Crippen LogP contribution in [-0.2, 0) is 9.53 Å². The summed E-state index contributed by atoms with van der Waals surface area (Å²) in [5.74, 6) is 1.44. The van der Waals surface area contributed by atoms with Gasteiger partial charge in [-0.2, -0.15) is 0 Å². The van der Waals surface area contributed by atoms with Crippen molar-refractivity contribution >= 4 is 18.3 Å². The molecule has 2 aliphatic heterocycles. The number of amides is 1. The van der Waals surface area contributed by atoms with Crippen molar-refractivity contribution in [3.05, 3.63) is 0 Å². The summed E-state index contributed by atoms with van der Waals surface area (Å²) in [7, 11) is 1.94. The third-order valence-electron chi connectivity index (χ3n) is 4.13. The molecule has 2 rings (SSSR count). The molecule has 19 heavy (non-hydrogen) atoms. The molecule has 2 saturated heterocycles. The van der Waals surface area contributed by atoms with E-state index in [0.717, 1.165) is 58.5 Å². The number of carbonyl (C=O) groups excluding carboxylic acids is 1. The van der Waals surface area contributed by atoms with Gasteiger partial charge in [0.2, 0.25) is 5.91 Å². The van der Waals surface area contributed by atoms with Crippen LogP contribution in [0.25, 0.3) is 0 Å². The van der Waals surface area contributed by atoms with Gasteiger partial charge in [-0.25, -0.2) is 0 Å². The lowest BCUT2D eigenvalue weighted by molar-refractivity contribution is -0.132. The summed E-state index contributed by atoms with van der Waals surface area (Å²) in [5.41, 5.74) is 0. The Morgan fingerprint density at radius 2 is 2.00 bits per heavy atom. The minimum absolute atomic E-state index is 0. The van der Waals surface area contributed by atoms with Gasteiger partial charge in [0.15, 0.2) is 0 Å². The van der Waals surface area contributed by atoms with Crippen LogP contribution in [0, 0.1) is 11.8 Å². The lowest BCUT2D eigenvalue weighted by Gasteiger charge is -2.29. The molecule has 0 spiro atoms. The van der Waals surface area contributed by atoms with E-state index in [2.05, 4.69) is 5.32 Å². The SMILES string of the molecule is CN(CC1CCCOC1)C(=O)CC1CCNCC1.Cl. The first-order valence-electron chi connectivity index (χ1n) is 7.28. The standard InChI is InChI=1S/C14H26N2O2.ClH/c1-16(10-13-3-2-8-18-11-13)14(17)9-12-4-6-15-7-5-12;/h12-13,15H,2-11H2,1H3;1H. The summed E-state index contributed by atoms with van der Waals surface area (Å²) < 4.78 is 5.47. The number of hydrogen-bond donors (Lipinski definition) is 1. The Morgan fingerprint density at radius 1 is 1.26 bits per heavy atom. The average molecular weight is 291 g/mol. The van der Waals surface area contributed by atoms with Gasteiger partial charge in [0.1, 0.15) is 0 Å². The van der Waals surface area contributed by atoms with Crippen molar-refractivity contribution in [2.24, 2.45) is 11.8 Å². The molecule has 4 nitrogen and oxygen atoms in total. The summed E-state index contributed by atoms with van der Waals surface area (Å²) >= 11 is 0. The summed E-state index contributed by atoms with van der Waals surface area (Å²) in [6.07, 6.45) is 5.36. The fourth-order valence-electron chi connectivity index (χ4n) is 2.93. The molecule has 1 atom stereocenters. The number of halogens is 1. The van der Waals surface area contributed by atoms with E-state index in [1.165, 1.54) is 6.42 Å². The molecule has 0 bridgehead atoms. The van der Waals surface area contributed by atoms with Crippen LogP contribution in [-0.4, -0.2) is 50.7 Å². The molecule has 1 amide bonds. The molecular weight excluding hydrogens is 264 g/mol. The van der Waals surface area contributed by atoms with E-state index < -0.39 is 0 Å². The number of carbonyl (C=O) groups is 1. The highest BCUT2D eigenvalue weighted by Gasteiger charge is 2.22. The molecule has 1 unspecified atom stereocenters. The third kappa shape index (κ3) is 5.67. The summed E-state index contributed by atoms with van der Waals surface area (Å²) in [6, 6.07) is 0. The molecule has 5 heteroatoms. The molecule has 0 aromatic heterocycles. The number of piperidine rings is 1. The van der Waals surface area contributed by atoms with Gasteiger partial charge in [-0.3, -0.25) is 4.79 Å².